The summed E-state index contributed by atoms with van der Waals surface area (Å²) in [6, 6.07) is 12.6. The van der Waals surface area contributed by atoms with E-state index in [1.54, 1.807) is 30.6 Å². The van der Waals surface area contributed by atoms with Crippen LogP contribution in [0.4, 0.5) is 17.3 Å². The number of ether oxygens (including phenoxy) is 1. The number of hydrogen-bond donors (Lipinski definition) is 1. The Hall–Kier alpha value is -3.24. The average molecular weight is 439 g/mol. The molecule has 0 unspecified atom stereocenters. The average Bonchev–Trinajstić information content (AvgIpc) is 3.28. The maximum absolute atomic E-state index is 13.1. The summed E-state index contributed by atoms with van der Waals surface area (Å²) in [5.41, 5.74) is 1.79. The summed E-state index contributed by atoms with van der Waals surface area (Å²) in [6.45, 7) is 2.50. The molecule has 0 aliphatic carbocycles. The van der Waals surface area contributed by atoms with Crippen LogP contribution >= 0.6 is 0 Å². The van der Waals surface area contributed by atoms with Crippen molar-refractivity contribution >= 4 is 27.3 Å². The first kappa shape index (κ1) is 19.7. The van der Waals surface area contributed by atoms with Crippen molar-refractivity contribution in [3.63, 3.8) is 0 Å². The van der Waals surface area contributed by atoms with Crippen LogP contribution in [-0.2, 0) is 16.4 Å². The lowest BCUT2D eigenvalue weighted by atomic mass is 10.2. The van der Waals surface area contributed by atoms with Crippen LogP contribution in [0.2, 0.25) is 0 Å². The molecule has 1 aromatic carbocycles. The van der Waals surface area contributed by atoms with Crippen molar-refractivity contribution in [2.24, 2.45) is 0 Å². The van der Waals surface area contributed by atoms with Gasteiger partial charge in [-0.3, -0.25) is 4.98 Å². The second-order valence-corrected chi connectivity index (χ2v) is 9.34. The zero-order chi connectivity index (χ0) is 21.3. The molecule has 2 aliphatic heterocycles. The van der Waals surface area contributed by atoms with Crippen LogP contribution in [0.25, 0.3) is 0 Å². The molecule has 0 saturated carbocycles. The Kier molecular flexibility index (Phi) is 5.16. The molecular formula is C21H22N6O3S. The fourth-order valence-corrected chi connectivity index (χ4v) is 5.25. The van der Waals surface area contributed by atoms with Gasteiger partial charge in [-0.05, 0) is 48.0 Å². The Morgan fingerprint density at radius 1 is 1.00 bits per heavy atom. The van der Waals surface area contributed by atoms with Gasteiger partial charge in [0.1, 0.15) is 5.75 Å². The third-order valence-electron chi connectivity index (χ3n) is 5.45. The molecular weight excluding hydrogens is 416 g/mol. The lowest BCUT2D eigenvalue weighted by Gasteiger charge is -2.34. The first-order valence-electron chi connectivity index (χ1n) is 10.1. The topological polar surface area (TPSA) is 101 Å². The number of fused-ring (bicyclic) bond motifs is 1. The molecule has 0 atom stereocenters. The van der Waals surface area contributed by atoms with Crippen molar-refractivity contribution in [2.45, 2.75) is 11.3 Å². The number of aromatic nitrogens is 3. The van der Waals surface area contributed by atoms with Crippen LogP contribution in [0.5, 0.6) is 5.75 Å². The van der Waals surface area contributed by atoms with Gasteiger partial charge >= 0.3 is 0 Å². The minimum Gasteiger partial charge on any atom is -0.493 e. The van der Waals surface area contributed by atoms with Gasteiger partial charge in [-0.2, -0.15) is 4.31 Å². The second kappa shape index (κ2) is 8.12. The van der Waals surface area contributed by atoms with Crippen LogP contribution in [0.3, 0.4) is 0 Å². The quantitative estimate of drug-likeness (QED) is 0.646. The lowest BCUT2D eigenvalue weighted by molar-refractivity contribution is 0.356. The largest absolute Gasteiger partial charge is 0.493 e. The molecule has 1 fully saturated rings. The Morgan fingerprint density at radius 2 is 1.87 bits per heavy atom. The maximum atomic E-state index is 13.1. The van der Waals surface area contributed by atoms with Crippen molar-refractivity contribution in [2.75, 3.05) is 43.0 Å². The molecule has 0 bridgehead atoms. The number of anilines is 3. The van der Waals surface area contributed by atoms with Crippen LogP contribution in [0, 0.1) is 0 Å². The number of pyridine rings is 1. The molecule has 160 valence electrons. The summed E-state index contributed by atoms with van der Waals surface area (Å²) in [7, 11) is -3.53. The highest BCUT2D eigenvalue weighted by molar-refractivity contribution is 7.89. The molecule has 9 nitrogen and oxygen atoms in total. The second-order valence-electron chi connectivity index (χ2n) is 7.40. The van der Waals surface area contributed by atoms with Gasteiger partial charge in [-0.25, -0.2) is 8.42 Å². The number of nitrogens with one attached hydrogen (secondary N) is 1. The first-order valence-corrected chi connectivity index (χ1v) is 11.6. The number of sulfonamides is 1. The Labute approximate surface area is 180 Å². The molecule has 2 aliphatic rings. The summed E-state index contributed by atoms with van der Waals surface area (Å²) in [5, 5.41) is 11.7. The van der Waals surface area contributed by atoms with Crippen LogP contribution in [0.15, 0.2) is 59.8 Å². The summed E-state index contributed by atoms with van der Waals surface area (Å²) in [4.78, 5) is 6.43. The molecule has 31 heavy (non-hydrogen) atoms. The number of benzene rings is 1. The van der Waals surface area contributed by atoms with Gasteiger partial charge in [0.2, 0.25) is 10.0 Å². The fourth-order valence-electron chi connectivity index (χ4n) is 3.78. The molecule has 0 radical (unpaired) electrons. The highest BCUT2D eigenvalue weighted by Crippen LogP contribution is 2.29. The zero-order valence-electron chi connectivity index (χ0n) is 16.8. The van der Waals surface area contributed by atoms with Crippen molar-refractivity contribution in [1.82, 2.24) is 19.5 Å². The molecule has 0 amide bonds. The van der Waals surface area contributed by atoms with E-state index >= 15 is 0 Å². The summed E-state index contributed by atoms with van der Waals surface area (Å²) < 4.78 is 33.2. The SMILES string of the molecule is O=S(=O)(c1ccc2c(c1)CCO2)N1CCN(c2ccc(Nc3cccnc3)nn2)CC1. The molecule has 2 aromatic heterocycles. The third-order valence-corrected chi connectivity index (χ3v) is 7.34. The van der Waals surface area contributed by atoms with Gasteiger partial charge in [0.15, 0.2) is 11.6 Å². The minimum atomic E-state index is -3.53. The van der Waals surface area contributed by atoms with E-state index in [1.165, 1.54) is 4.31 Å². The first-order chi connectivity index (χ1) is 15.1. The van der Waals surface area contributed by atoms with Crippen LogP contribution in [0.1, 0.15) is 5.56 Å². The summed E-state index contributed by atoms with van der Waals surface area (Å²) >= 11 is 0. The molecule has 5 rings (SSSR count). The maximum Gasteiger partial charge on any atom is 0.243 e. The van der Waals surface area contributed by atoms with E-state index in [2.05, 4.69) is 20.5 Å². The molecule has 3 aromatic rings. The molecule has 1 N–H and O–H groups in total. The predicted octanol–water partition coefficient (Wildman–Crippen LogP) is 2.06. The Morgan fingerprint density at radius 3 is 2.61 bits per heavy atom. The van der Waals surface area contributed by atoms with E-state index < -0.39 is 10.0 Å². The van der Waals surface area contributed by atoms with Gasteiger partial charge in [0.25, 0.3) is 0 Å². The predicted molar refractivity (Wildman–Crippen MR) is 116 cm³/mol. The van der Waals surface area contributed by atoms with E-state index in [1.807, 2.05) is 29.2 Å². The van der Waals surface area contributed by atoms with E-state index in [0.717, 1.165) is 29.2 Å². The van der Waals surface area contributed by atoms with E-state index in [4.69, 9.17) is 4.74 Å². The monoisotopic (exact) mass is 438 g/mol. The molecule has 1 saturated heterocycles. The Bertz CT molecular complexity index is 1160. The Balaban J connectivity index is 1.23. The molecule has 10 heteroatoms. The highest BCUT2D eigenvalue weighted by Gasteiger charge is 2.30. The zero-order valence-corrected chi connectivity index (χ0v) is 17.6. The van der Waals surface area contributed by atoms with Crippen molar-refractivity contribution in [1.29, 1.82) is 0 Å². The number of piperazine rings is 1. The van der Waals surface area contributed by atoms with Gasteiger partial charge in [-0.15, -0.1) is 10.2 Å². The van der Waals surface area contributed by atoms with E-state index in [0.29, 0.717) is 43.5 Å². The van der Waals surface area contributed by atoms with Crippen molar-refractivity contribution in [3.8, 4) is 5.75 Å². The number of nitrogens with zero attached hydrogens (tertiary/aromatic N) is 5. The van der Waals surface area contributed by atoms with Crippen LogP contribution in [-0.4, -0.2) is 60.7 Å². The molecule has 0 spiro atoms. The lowest BCUT2D eigenvalue weighted by Crippen LogP contribution is -2.49. The van der Waals surface area contributed by atoms with Gasteiger partial charge in [0.05, 0.1) is 23.4 Å². The normalized spacial score (nSPS) is 16.6. The van der Waals surface area contributed by atoms with Crippen molar-refractivity contribution < 1.29 is 13.2 Å². The molecule has 4 heterocycles. The summed E-state index contributed by atoms with van der Waals surface area (Å²) in [6.07, 6.45) is 4.17. The minimum absolute atomic E-state index is 0.329. The van der Waals surface area contributed by atoms with Gasteiger partial charge in [0, 0.05) is 38.8 Å². The van der Waals surface area contributed by atoms with Gasteiger partial charge in [-0.1, -0.05) is 0 Å². The van der Waals surface area contributed by atoms with Crippen LogP contribution < -0.4 is 15.0 Å². The highest BCUT2D eigenvalue weighted by atomic mass is 32.2. The number of rotatable bonds is 5. The smallest absolute Gasteiger partial charge is 0.243 e. The van der Waals surface area contributed by atoms with E-state index in [9.17, 15) is 8.42 Å². The summed E-state index contributed by atoms with van der Waals surface area (Å²) in [5.74, 6) is 2.13. The van der Waals surface area contributed by atoms with Gasteiger partial charge < -0.3 is 15.0 Å². The van der Waals surface area contributed by atoms with Crippen molar-refractivity contribution in [3.05, 3.63) is 60.4 Å². The standard InChI is InChI=1S/C21H22N6O3S/c28-31(29,18-3-4-19-16(14-18)7-13-30-19)27-11-9-26(10-12-27)21-6-5-20(24-25-21)23-17-2-1-8-22-15-17/h1-6,8,14-15H,7,9-13H2,(H,23,24). The third kappa shape index (κ3) is 4.04. The number of hydrogen-bond acceptors (Lipinski definition) is 8. The fraction of sp³-hybridized carbons (Fsp3) is 0.286. The van der Waals surface area contributed by atoms with E-state index in [-0.39, 0.29) is 0 Å².